The molecule has 0 aromatic carbocycles. The third kappa shape index (κ3) is 1.49. The van der Waals surface area contributed by atoms with Gasteiger partial charge in [-0.3, -0.25) is 0 Å². The molecule has 1 aromatic heterocycles. The molecule has 0 fully saturated rings. The van der Waals surface area contributed by atoms with Crippen LogP contribution in [0.4, 0.5) is 0 Å². The smallest absolute Gasteiger partial charge is 0.122 e. The fraction of sp³-hybridized carbons (Fsp3) is 0.444. The second-order valence-electron chi connectivity index (χ2n) is 3.04. The Labute approximate surface area is 71.8 Å². The average Bonchev–Trinajstić information content (AvgIpc) is 2.50. The largest absolute Gasteiger partial charge is 0.472 e. The third-order valence-electron chi connectivity index (χ3n) is 1.82. The van der Waals surface area contributed by atoms with E-state index < -0.39 is 6.04 Å². The lowest BCUT2D eigenvalue weighted by Crippen LogP contribution is -2.08. The summed E-state index contributed by atoms with van der Waals surface area (Å²) in [6, 6.07) is 1.41. The van der Waals surface area contributed by atoms with Crippen molar-refractivity contribution < 1.29 is 4.42 Å². The first kappa shape index (κ1) is 8.82. The normalized spacial score (nSPS) is 12.9. The summed E-state index contributed by atoms with van der Waals surface area (Å²) < 4.78 is 5.00. The van der Waals surface area contributed by atoms with Crippen molar-refractivity contribution in [2.75, 3.05) is 0 Å². The van der Waals surface area contributed by atoms with E-state index in [1.54, 1.807) is 12.5 Å². The first-order chi connectivity index (χ1) is 5.66. The maximum Gasteiger partial charge on any atom is 0.122 e. The molecule has 1 aromatic rings. The minimum atomic E-state index is -0.568. The van der Waals surface area contributed by atoms with Crippen LogP contribution >= 0.6 is 0 Å². The predicted octanol–water partition coefficient (Wildman–Crippen LogP) is 1.93. The summed E-state index contributed by atoms with van der Waals surface area (Å²) in [5, 5.41) is 8.60. The summed E-state index contributed by atoms with van der Waals surface area (Å²) in [4.78, 5) is 0. The van der Waals surface area contributed by atoms with Crippen molar-refractivity contribution in [3.8, 4) is 6.07 Å². The van der Waals surface area contributed by atoms with Gasteiger partial charge in [-0.05, 0) is 11.5 Å². The van der Waals surface area contributed by atoms with Gasteiger partial charge in [0.2, 0.25) is 0 Å². The van der Waals surface area contributed by atoms with Gasteiger partial charge in [-0.1, -0.05) is 13.8 Å². The molecule has 64 valence electrons. The van der Waals surface area contributed by atoms with E-state index in [4.69, 9.17) is 15.4 Å². The number of nitrogens with two attached hydrogens (primary N) is 1. The van der Waals surface area contributed by atoms with E-state index in [0.29, 0.717) is 5.92 Å². The summed E-state index contributed by atoms with van der Waals surface area (Å²) in [6.45, 7) is 4.08. The van der Waals surface area contributed by atoms with Crippen LogP contribution in [0.3, 0.4) is 0 Å². The number of furan rings is 1. The van der Waals surface area contributed by atoms with Crippen LogP contribution in [0, 0.1) is 11.3 Å². The molecule has 0 aliphatic rings. The standard InChI is InChI=1S/C9H12N2O/c1-6(2)7-4-12-5-8(7)9(11)3-10/h4-6,9H,11H2,1-2H3. The fourth-order valence-electron chi connectivity index (χ4n) is 1.11. The Morgan fingerprint density at radius 3 is 2.50 bits per heavy atom. The molecule has 0 bridgehead atoms. The monoisotopic (exact) mass is 164 g/mol. The quantitative estimate of drug-likeness (QED) is 0.726. The highest BCUT2D eigenvalue weighted by Crippen LogP contribution is 2.24. The first-order valence-electron chi connectivity index (χ1n) is 3.88. The molecule has 12 heavy (non-hydrogen) atoms. The van der Waals surface area contributed by atoms with Gasteiger partial charge in [0.15, 0.2) is 0 Å². The van der Waals surface area contributed by atoms with Crippen LogP contribution in [0.15, 0.2) is 16.9 Å². The molecule has 0 spiro atoms. The van der Waals surface area contributed by atoms with E-state index >= 15 is 0 Å². The van der Waals surface area contributed by atoms with Crippen molar-refractivity contribution in [2.45, 2.75) is 25.8 Å². The van der Waals surface area contributed by atoms with Crippen LogP contribution in [0.2, 0.25) is 0 Å². The molecule has 1 rings (SSSR count). The molecule has 0 saturated carbocycles. The van der Waals surface area contributed by atoms with E-state index in [0.717, 1.165) is 11.1 Å². The minimum Gasteiger partial charge on any atom is -0.472 e. The van der Waals surface area contributed by atoms with Crippen molar-refractivity contribution >= 4 is 0 Å². The first-order valence-corrected chi connectivity index (χ1v) is 3.88. The zero-order chi connectivity index (χ0) is 9.14. The molecule has 3 heteroatoms. The van der Waals surface area contributed by atoms with E-state index in [1.165, 1.54) is 0 Å². The molecule has 3 nitrogen and oxygen atoms in total. The Morgan fingerprint density at radius 1 is 1.42 bits per heavy atom. The van der Waals surface area contributed by atoms with Crippen molar-refractivity contribution in [1.82, 2.24) is 0 Å². The molecular formula is C9H12N2O. The summed E-state index contributed by atoms with van der Waals surface area (Å²) in [5.74, 6) is 0.346. The van der Waals surface area contributed by atoms with Crippen LogP contribution in [0.25, 0.3) is 0 Å². The van der Waals surface area contributed by atoms with Gasteiger partial charge < -0.3 is 10.2 Å². The Bertz CT molecular complexity index is 296. The van der Waals surface area contributed by atoms with Gasteiger partial charge in [-0.2, -0.15) is 5.26 Å². The summed E-state index contributed by atoms with van der Waals surface area (Å²) in [6.07, 6.45) is 3.19. The van der Waals surface area contributed by atoms with Gasteiger partial charge in [0.1, 0.15) is 6.04 Å². The van der Waals surface area contributed by atoms with E-state index in [-0.39, 0.29) is 0 Å². The van der Waals surface area contributed by atoms with Crippen LogP contribution < -0.4 is 5.73 Å². The Kier molecular flexibility index (Phi) is 2.51. The van der Waals surface area contributed by atoms with Crippen molar-refractivity contribution in [1.29, 1.82) is 5.26 Å². The molecule has 0 amide bonds. The Balaban J connectivity index is 3.01. The summed E-state index contributed by atoms with van der Waals surface area (Å²) in [7, 11) is 0. The molecule has 0 radical (unpaired) electrons. The fourth-order valence-corrected chi connectivity index (χ4v) is 1.11. The second-order valence-corrected chi connectivity index (χ2v) is 3.04. The SMILES string of the molecule is CC(C)c1cocc1C(N)C#N. The number of rotatable bonds is 2. The summed E-state index contributed by atoms with van der Waals surface area (Å²) in [5.41, 5.74) is 7.37. The van der Waals surface area contributed by atoms with Crippen molar-refractivity contribution in [3.05, 3.63) is 23.7 Å². The van der Waals surface area contributed by atoms with Gasteiger partial charge in [-0.25, -0.2) is 0 Å². The molecule has 1 atom stereocenters. The maximum atomic E-state index is 8.60. The van der Waals surface area contributed by atoms with Crippen LogP contribution in [0.5, 0.6) is 0 Å². The van der Waals surface area contributed by atoms with Crippen LogP contribution in [-0.2, 0) is 0 Å². The molecule has 1 heterocycles. The van der Waals surface area contributed by atoms with Gasteiger partial charge in [0.05, 0.1) is 18.6 Å². The lowest BCUT2D eigenvalue weighted by Gasteiger charge is -2.05. The average molecular weight is 164 g/mol. The van der Waals surface area contributed by atoms with Gasteiger partial charge in [-0.15, -0.1) is 0 Å². The van der Waals surface area contributed by atoms with E-state index in [2.05, 4.69) is 0 Å². The van der Waals surface area contributed by atoms with Gasteiger partial charge >= 0.3 is 0 Å². The second kappa shape index (κ2) is 3.42. The highest BCUT2D eigenvalue weighted by atomic mass is 16.3. The minimum absolute atomic E-state index is 0.346. The van der Waals surface area contributed by atoms with Gasteiger partial charge in [0, 0.05) is 5.56 Å². The van der Waals surface area contributed by atoms with Gasteiger partial charge in [0.25, 0.3) is 0 Å². The third-order valence-corrected chi connectivity index (χ3v) is 1.82. The molecule has 2 N–H and O–H groups in total. The number of nitriles is 1. The lowest BCUT2D eigenvalue weighted by molar-refractivity contribution is 0.558. The van der Waals surface area contributed by atoms with E-state index in [9.17, 15) is 0 Å². The molecule has 0 saturated heterocycles. The molecule has 0 aliphatic heterocycles. The number of hydrogen-bond acceptors (Lipinski definition) is 3. The van der Waals surface area contributed by atoms with Crippen LogP contribution in [-0.4, -0.2) is 0 Å². The molecule has 0 aliphatic carbocycles. The van der Waals surface area contributed by atoms with E-state index in [1.807, 2.05) is 19.9 Å². The highest BCUT2D eigenvalue weighted by molar-refractivity contribution is 5.30. The molecular weight excluding hydrogens is 152 g/mol. The zero-order valence-corrected chi connectivity index (χ0v) is 7.24. The van der Waals surface area contributed by atoms with Crippen molar-refractivity contribution in [3.63, 3.8) is 0 Å². The van der Waals surface area contributed by atoms with Crippen LogP contribution in [0.1, 0.15) is 36.9 Å². The topological polar surface area (TPSA) is 62.9 Å². The highest BCUT2D eigenvalue weighted by Gasteiger charge is 2.14. The lowest BCUT2D eigenvalue weighted by atomic mass is 9.99. The number of hydrogen-bond donors (Lipinski definition) is 1. The Hall–Kier alpha value is -1.27. The molecule has 1 unspecified atom stereocenters. The Morgan fingerprint density at radius 2 is 2.00 bits per heavy atom. The zero-order valence-electron chi connectivity index (χ0n) is 7.24. The maximum absolute atomic E-state index is 8.60. The predicted molar refractivity (Wildman–Crippen MR) is 45.3 cm³/mol. The van der Waals surface area contributed by atoms with Crippen molar-refractivity contribution in [2.24, 2.45) is 5.73 Å². The number of nitrogens with zero attached hydrogens (tertiary/aromatic N) is 1. The summed E-state index contributed by atoms with van der Waals surface area (Å²) >= 11 is 0.